The van der Waals surface area contributed by atoms with Crippen molar-refractivity contribution >= 4 is 10.8 Å². The van der Waals surface area contributed by atoms with Crippen LogP contribution >= 0.6 is 0 Å². The monoisotopic (exact) mass is 414 g/mol. The molecule has 5 nitrogen and oxygen atoms in total. The van der Waals surface area contributed by atoms with E-state index in [0.717, 1.165) is 37.1 Å². The average Bonchev–Trinajstić information content (AvgIpc) is 2.77. The summed E-state index contributed by atoms with van der Waals surface area (Å²) in [5.74, 6) is 0.402. The molecule has 0 aliphatic rings. The van der Waals surface area contributed by atoms with E-state index in [1.54, 1.807) is 36.5 Å². The number of fused-ring (bicyclic) bond motifs is 1. The number of hydrogen-bond donors (Lipinski definition) is 3. The Morgan fingerprint density at radius 2 is 1.61 bits per heavy atom. The highest BCUT2D eigenvalue weighted by Gasteiger charge is 2.11. The van der Waals surface area contributed by atoms with Gasteiger partial charge in [0.1, 0.15) is 11.5 Å². The van der Waals surface area contributed by atoms with Gasteiger partial charge in [-0.1, -0.05) is 42.5 Å². The number of aromatic nitrogens is 1. The van der Waals surface area contributed by atoms with Crippen LogP contribution < -0.4 is 5.56 Å². The number of aryl methyl sites for hydroxylation is 1. The first-order valence-electron chi connectivity index (χ1n) is 10.4. The van der Waals surface area contributed by atoms with E-state index in [0.29, 0.717) is 16.5 Å². The number of phenolic OH excluding ortho intramolecular Hbond substituents is 2. The first-order valence-corrected chi connectivity index (χ1v) is 10.4. The molecule has 0 fully saturated rings. The fourth-order valence-corrected chi connectivity index (χ4v) is 3.92. The number of aromatic hydroxyl groups is 2. The standard InChI is InChI=1S/C26H26N2O3/c1-28(17-19-9-13-21(29)14-10-19)15-3-4-18-7-11-20(12-8-18)23-16-27-26(31)22-5-2-6-24(30)25(22)23/h2,5-14,16,29-30H,3-4,15,17H2,1H3,(H,27,31). The normalized spacial score (nSPS) is 11.3. The number of nitrogens with zero attached hydrogens (tertiary/aromatic N) is 1. The lowest BCUT2D eigenvalue weighted by molar-refractivity contribution is 0.322. The maximum Gasteiger partial charge on any atom is 0.255 e. The van der Waals surface area contributed by atoms with Crippen LogP contribution in [0.5, 0.6) is 11.5 Å². The Morgan fingerprint density at radius 1 is 0.903 bits per heavy atom. The van der Waals surface area contributed by atoms with Gasteiger partial charge in [-0.2, -0.15) is 0 Å². The minimum absolute atomic E-state index is 0.111. The first-order chi connectivity index (χ1) is 15.0. The number of pyridine rings is 1. The largest absolute Gasteiger partial charge is 0.508 e. The van der Waals surface area contributed by atoms with Crippen molar-refractivity contribution in [2.45, 2.75) is 19.4 Å². The Morgan fingerprint density at radius 3 is 2.35 bits per heavy atom. The second-order valence-corrected chi connectivity index (χ2v) is 7.94. The summed E-state index contributed by atoms with van der Waals surface area (Å²) in [7, 11) is 2.10. The molecule has 0 unspecified atom stereocenters. The summed E-state index contributed by atoms with van der Waals surface area (Å²) in [6, 6.07) is 20.6. The van der Waals surface area contributed by atoms with Gasteiger partial charge in [0.05, 0.1) is 5.39 Å². The van der Waals surface area contributed by atoms with Crippen molar-refractivity contribution in [3.05, 3.63) is 94.4 Å². The molecule has 31 heavy (non-hydrogen) atoms. The van der Waals surface area contributed by atoms with E-state index < -0.39 is 0 Å². The second-order valence-electron chi connectivity index (χ2n) is 7.94. The fourth-order valence-electron chi connectivity index (χ4n) is 3.92. The van der Waals surface area contributed by atoms with Gasteiger partial charge in [-0.25, -0.2) is 0 Å². The number of benzene rings is 3. The van der Waals surface area contributed by atoms with Gasteiger partial charge in [0, 0.05) is 23.7 Å². The molecule has 158 valence electrons. The molecular formula is C26H26N2O3. The molecule has 3 aromatic carbocycles. The molecule has 5 heteroatoms. The van der Waals surface area contributed by atoms with Crippen LogP contribution in [0.1, 0.15) is 17.5 Å². The highest BCUT2D eigenvalue weighted by Crippen LogP contribution is 2.32. The topological polar surface area (TPSA) is 76.6 Å². The maximum absolute atomic E-state index is 12.1. The van der Waals surface area contributed by atoms with E-state index in [-0.39, 0.29) is 11.3 Å². The SMILES string of the molecule is CN(CCCc1ccc(-c2c[nH]c(=O)c3cccc(O)c23)cc1)Cc1ccc(O)cc1. The van der Waals surface area contributed by atoms with Gasteiger partial charge in [-0.15, -0.1) is 0 Å². The molecule has 0 radical (unpaired) electrons. The number of phenols is 2. The number of H-pyrrole nitrogens is 1. The third-order valence-electron chi connectivity index (χ3n) is 5.56. The smallest absolute Gasteiger partial charge is 0.255 e. The van der Waals surface area contributed by atoms with Crippen molar-refractivity contribution < 1.29 is 10.2 Å². The van der Waals surface area contributed by atoms with E-state index in [4.69, 9.17) is 0 Å². The van der Waals surface area contributed by atoms with Crippen LogP contribution in [0.15, 0.2) is 77.7 Å². The van der Waals surface area contributed by atoms with E-state index in [2.05, 4.69) is 29.1 Å². The van der Waals surface area contributed by atoms with Gasteiger partial charge in [0.15, 0.2) is 0 Å². The summed E-state index contributed by atoms with van der Waals surface area (Å²) in [4.78, 5) is 17.1. The zero-order valence-corrected chi connectivity index (χ0v) is 17.5. The Bertz CT molecular complexity index is 1230. The van der Waals surface area contributed by atoms with Crippen LogP contribution in [0.4, 0.5) is 0 Å². The molecule has 0 saturated carbocycles. The summed E-state index contributed by atoms with van der Waals surface area (Å²) in [5, 5.41) is 20.8. The van der Waals surface area contributed by atoms with Gasteiger partial charge in [-0.05, 0) is 67.4 Å². The third kappa shape index (κ3) is 4.78. The Labute approximate surface area is 181 Å². The summed E-state index contributed by atoms with van der Waals surface area (Å²) in [6.45, 7) is 1.82. The number of aromatic amines is 1. The molecule has 0 aliphatic heterocycles. The van der Waals surface area contributed by atoms with Crippen LogP contribution in [0.3, 0.4) is 0 Å². The predicted molar refractivity (Wildman–Crippen MR) is 124 cm³/mol. The van der Waals surface area contributed by atoms with Crippen LogP contribution in [0, 0.1) is 0 Å². The van der Waals surface area contributed by atoms with Crippen LogP contribution in [-0.2, 0) is 13.0 Å². The molecule has 1 aromatic heterocycles. The van der Waals surface area contributed by atoms with E-state index in [9.17, 15) is 15.0 Å². The van der Waals surface area contributed by atoms with Crippen molar-refractivity contribution in [3.63, 3.8) is 0 Å². The molecule has 3 N–H and O–H groups in total. The van der Waals surface area contributed by atoms with Gasteiger partial charge in [-0.3, -0.25) is 4.79 Å². The number of rotatable bonds is 7. The minimum atomic E-state index is -0.206. The average molecular weight is 415 g/mol. The fraction of sp³-hybridized carbons (Fsp3) is 0.192. The van der Waals surface area contributed by atoms with Crippen LogP contribution in [-0.4, -0.2) is 33.7 Å². The van der Waals surface area contributed by atoms with Gasteiger partial charge in [0.2, 0.25) is 0 Å². The molecule has 0 amide bonds. The Kier molecular flexibility index (Phi) is 6.05. The maximum atomic E-state index is 12.1. The summed E-state index contributed by atoms with van der Waals surface area (Å²) >= 11 is 0. The molecule has 4 rings (SSSR count). The number of hydrogen-bond acceptors (Lipinski definition) is 4. The zero-order valence-electron chi connectivity index (χ0n) is 17.5. The van der Waals surface area contributed by atoms with Crippen LogP contribution in [0.25, 0.3) is 21.9 Å². The molecule has 1 heterocycles. The van der Waals surface area contributed by atoms with Crippen molar-refractivity contribution in [1.82, 2.24) is 9.88 Å². The van der Waals surface area contributed by atoms with Crippen LogP contribution in [0.2, 0.25) is 0 Å². The lowest BCUT2D eigenvalue weighted by Crippen LogP contribution is -2.19. The number of nitrogens with one attached hydrogen (secondary N) is 1. The molecule has 0 bridgehead atoms. The van der Waals surface area contributed by atoms with E-state index >= 15 is 0 Å². The van der Waals surface area contributed by atoms with Crippen molar-refractivity contribution in [1.29, 1.82) is 0 Å². The molecule has 0 atom stereocenters. The highest BCUT2D eigenvalue weighted by atomic mass is 16.3. The van der Waals surface area contributed by atoms with Gasteiger partial charge < -0.3 is 20.1 Å². The second kappa shape index (κ2) is 9.06. The molecule has 0 saturated heterocycles. The Balaban J connectivity index is 1.40. The van der Waals surface area contributed by atoms with E-state index in [1.165, 1.54) is 11.1 Å². The van der Waals surface area contributed by atoms with Crippen molar-refractivity contribution in [2.24, 2.45) is 0 Å². The van der Waals surface area contributed by atoms with E-state index in [1.807, 2.05) is 24.3 Å². The third-order valence-corrected chi connectivity index (χ3v) is 5.56. The molecule has 4 aromatic rings. The van der Waals surface area contributed by atoms with Gasteiger partial charge in [0.25, 0.3) is 5.56 Å². The quantitative estimate of drug-likeness (QED) is 0.411. The summed E-state index contributed by atoms with van der Waals surface area (Å²) < 4.78 is 0. The minimum Gasteiger partial charge on any atom is -0.508 e. The first kappa shape index (κ1) is 20.7. The highest BCUT2D eigenvalue weighted by molar-refractivity contribution is 5.99. The summed E-state index contributed by atoms with van der Waals surface area (Å²) in [5.41, 5.74) is 3.99. The predicted octanol–water partition coefficient (Wildman–Crippen LogP) is 4.67. The lowest BCUT2D eigenvalue weighted by atomic mass is 9.98. The molecular weight excluding hydrogens is 388 g/mol. The molecule has 0 aliphatic carbocycles. The molecule has 0 spiro atoms. The van der Waals surface area contributed by atoms with Crippen molar-refractivity contribution in [3.8, 4) is 22.6 Å². The zero-order chi connectivity index (χ0) is 21.8. The lowest BCUT2D eigenvalue weighted by Gasteiger charge is -2.16. The van der Waals surface area contributed by atoms with Crippen molar-refractivity contribution in [2.75, 3.05) is 13.6 Å². The van der Waals surface area contributed by atoms with Gasteiger partial charge >= 0.3 is 0 Å². The Hall–Kier alpha value is -3.57. The summed E-state index contributed by atoms with van der Waals surface area (Å²) in [6.07, 6.45) is 3.67.